The minimum absolute atomic E-state index is 0.141. The smallest absolute Gasteiger partial charge is 0.186 e. The van der Waals surface area contributed by atoms with Gasteiger partial charge >= 0.3 is 0 Å². The van der Waals surface area contributed by atoms with Crippen LogP contribution >= 0.6 is 0 Å². The topological polar surface area (TPSA) is 132 Å². The molecule has 0 aromatic heterocycles. The summed E-state index contributed by atoms with van der Waals surface area (Å²) >= 11 is 0. The number of nitrogens with zero attached hydrogens (tertiary/aromatic N) is 1. The lowest BCUT2D eigenvalue weighted by molar-refractivity contribution is -0.304. The first-order valence-electron chi connectivity index (χ1n) is 10.1. The van der Waals surface area contributed by atoms with Crippen LogP contribution in [-0.2, 0) is 9.47 Å². The molecule has 5 N–H and O–H groups in total. The van der Waals surface area contributed by atoms with Gasteiger partial charge in [0.2, 0.25) is 0 Å². The predicted octanol–water partition coefficient (Wildman–Crippen LogP) is 0.375. The van der Waals surface area contributed by atoms with Crippen molar-refractivity contribution in [1.29, 1.82) is 0 Å². The molecule has 1 saturated heterocycles. The molecule has 8 heteroatoms. The van der Waals surface area contributed by atoms with Crippen LogP contribution in [0.25, 0.3) is 0 Å². The van der Waals surface area contributed by atoms with Crippen LogP contribution in [0, 0.1) is 0 Å². The molecule has 0 bridgehead atoms. The van der Waals surface area contributed by atoms with Gasteiger partial charge in [-0.3, -0.25) is 4.99 Å². The lowest BCUT2D eigenvalue weighted by atomic mass is 9.99. The Kier molecular flexibility index (Phi) is 13.0. The molecule has 6 atom stereocenters. The van der Waals surface area contributed by atoms with Crippen LogP contribution in [0.1, 0.15) is 58.3 Å². The molecule has 1 aliphatic heterocycles. The fourth-order valence-corrected chi connectivity index (χ4v) is 2.94. The zero-order chi connectivity index (χ0) is 20.1. The summed E-state index contributed by atoms with van der Waals surface area (Å²) in [4.78, 5) is 4.17. The largest absolute Gasteiger partial charge is 0.394 e. The quantitative estimate of drug-likeness (QED) is 0.214. The molecule has 160 valence electrons. The fourth-order valence-electron chi connectivity index (χ4n) is 2.94. The molecule has 0 aromatic rings. The van der Waals surface area contributed by atoms with E-state index in [1.165, 1.54) is 38.5 Å². The van der Waals surface area contributed by atoms with Crippen molar-refractivity contribution in [2.45, 2.75) is 95.1 Å². The monoisotopic (exact) mass is 391 g/mol. The molecular formula is C19H37NO7. The standard InChI is InChI=1S/C19H37NO7/c1-2-3-4-5-6-7-8-9-10-20-11-14(22)13-26-19-18(25)17(24)16(23)15(12-21)27-19/h10,14-19,21-25H,2-9,11-13H2,1H3/t14?,15-,16+,17+,18-,19+/m1/s1. The van der Waals surface area contributed by atoms with E-state index in [-0.39, 0.29) is 13.2 Å². The van der Waals surface area contributed by atoms with Crippen LogP contribution in [0.5, 0.6) is 0 Å². The van der Waals surface area contributed by atoms with Crippen molar-refractivity contribution in [3.05, 3.63) is 0 Å². The zero-order valence-electron chi connectivity index (χ0n) is 16.3. The van der Waals surface area contributed by atoms with Crippen LogP contribution in [0.4, 0.5) is 0 Å². The number of aliphatic hydroxyl groups is 5. The number of rotatable bonds is 14. The van der Waals surface area contributed by atoms with Crippen LogP contribution in [0.15, 0.2) is 4.99 Å². The van der Waals surface area contributed by atoms with Gasteiger partial charge in [0.25, 0.3) is 0 Å². The van der Waals surface area contributed by atoms with E-state index in [2.05, 4.69) is 11.9 Å². The van der Waals surface area contributed by atoms with Gasteiger partial charge in [-0.2, -0.15) is 0 Å². The minimum atomic E-state index is -1.49. The van der Waals surface area contributed by atoms with Gasteiger partial charge in [-0.25, -0.2) is 0 Å². The highest BCUT2D eigenvalue weighted by Crippen LogP contribution is 2.22. The maximum absolute atomic E-state index is 9.89. The summed E-state index contributed by atoms with van der Waals surface area (Å²) in [5.41, 5.74) is 0. The highest BCUT2D eigenvalue weighted by molar-refractivity contribution is 5.56. The summed E-state index contributed by atoms with van der Waals surface area (Å²) in [6, 6.07) is 0. The lowest BCUT2D eigenvalue weighted by Gasteiger charge is -2.39. The average molecular weight is 392 g/mol. The maximum Gasteiger partial charge on any atom is 0.186 e. The van der Waals surface area contributed by atoms with Crippen LogP contribution in [0.3, 0.4) is 0 Å². The Balaban J connectivity index is 2.13. The molecule has 27 heavy (non-hydrogen) atoms. The molecule has 0 amide bonds. The molecule has 1 unspecified atom stereocenters. The minimum Gasteiger partial charge on any atom is -0.394 e. The molecule has 0 radical (unpaired) electrons. The molecule has 0 saturated carbocycles. The zero-order valence-corrected chi connectivity index (χ0v) is 16.3. The number of ether oxygens (including phenoxy) is 2. The lowest BCUT2D eigenvalue weighted by Crippen LogP contribution is -2.59. The van der Waals surface area contributed by atoms with Crippen molar-refractivity contribution in [2.24, 2.45) is 4.99 Å². The Morgan fingerprint density at radius 1 is 1.00 bits per heavy atom. The molecule has 0 aromatic carbocycles. The van der Waals surface area contributed by atoms with E-state index in [9.17, 15) is 20.4 Å². The summed E-state index contributed by atoms with van der Waals surface area (Å²) < 4.78 is 10.5. The SMILES string of the molecule is CCCCCCCCCC=NCC(O)CO[C@H]1O[C@H](CO)[C@H](O)[C@H](O)[C@H]1O. The Bertz CT molecular complexity index is 394. The van der Waals surface area contributed by atoms with Gasteiger partial charge in [0.1, 0.15) is 24.4 Å². The summed E-state index contributed by atoms with van der Waals surface area (Å²) in [6.07, 6.45) is 3.90. The van der Waals surface area contributed by atoms with E-state index < -0.39 is 43.4 Å². The first-order valence-corrected chi connectivity index (χ1v) is 10.1. The second kappa shape index (κ2) is 14.4. The summed E-state index contributed by atoms with van der Waals surface area (Å²) in [5, 5.41) is 48.2. The number of aliphatic hydroxyl groups excluding tert-OH is 5. The van der Waals surface area contributed by atoms with E-state index in [0.29, 0.717) is 0 Å². The highest BCUT2D eigenvalue weighted by atomic mass is 16.7. The Labute approximate surface area is 161 Å². The first-order chi connectivity index (χ1) is 13.0. The predicted molar refractivity (Wildman–Crippen MR) is 102 cm³/mol. The third-order valence-electron chi connectivity index (χ3n) is 4.68. The molecule has 8 nitrogen and oxygen atoms in total. The Hall–Kier alpha value is -0.610. The van der Waals surface area contributed by atoms with Crippen molar-refractivity contribution in [1.82, 2.24) is 0 Å². The molecule has 1 fully saturated rings. The van der Waals surface area contributed by atoms with E-state index >= 15 is 0 Å². The van der Waals surface area contributed by atoms with Crippen molar-refractivity contribution >= 4 is 6.21 Å². The molecule has 1 aliphatic rings. The summed E-state index contributed by atoms with van der Waals surface area (Å²) in [5.74, 6) is 0. The third-order valence-corrected chi connectivity index (χ3v) is 4.68. The van der Waals surface area contributed by atoms with Crippen molar-refractivity contribution in [2.75, 3.05) is 19.8 Å². The first kappa shape index (κ1) is 24.4. The van der Waals surface area contributed by atoms with Crippen LogP contribution in [-0.4, -0.2) is 88.3 Å². The average Bonchev–Trinajstić information content (AvgIpc) is 2.67. The van der Waals surface area contributed by atoms with Crippen LogP contribution in [0.2, 0.25) is 0 Å². The fraction of sp³-hybridized carbons (Fsp3) is 0.947. The van der Waals surface area contributed by atoms with E-state index in [4.69, 9.17) is 14.6 Å². The third kappa shape index (κ3) is 9.43. The number of aliphatic imine (C=N–C) groups is 1. The second-order valence-corrected chi connectivity index (χ2v) is 7.14. The normalized spacial score (nSPS) is 30.1. The van der Waals surface area contributed by atoms with Gasteiger partial charge in [0, 0.05) is 0 Å². The number of hydrogen-bond donors (Lipinski definition) is 5. The van der Waals surface area contributed by atoms with Gasteiger partial charge in [-0.1, -0.05) is 45.4 Å². The molecule has 1 heterocycles. The van der Waals surface area contributed by atoms with Crippen molar-refractivity contribution < 1.29 is 35.0 Å². The maximum atomic E-state index is 9.89. The molecule has 0 aliphatic carbocycles. The summed E-state index contributed by atoms with van der Waals surface area (Å²) in [6.45, 7) is 1.72. The Morgan fingerprint density at radius 3 is 2.33 bits per heavy atom. The second-order valence-electron chi connectivity index (χ2n) is 7.14. The van der Waals surface area contributed by atoms with Gasteiger partial charge in [0.15, 0.2) is 6.29 Å². The van der Waals surface area contributed by atoms with Gasteiger partial charge in [0.05, 0.1) is 25.9 Å². The molecule has 1 rings (SSSR count). The molecular weight excluding hydrogens is 354 g/mol. The van der Waals surface area contributed by atoms with Crippen molar-refractivity contribution in [3.8, 4) is 0 Å². The van der Waals surface area contributed by atoms with E-state index in [1.807, 2.05) is 6.21 Å². The highest BCUT2D eigenvalue weighted by Gasteiger charge is 2.44. The van der Waals surface area contributed by atoms with Gasteiger partial charge in [-0.15, -0.1) is 0 Å². The van der Waals surface area contributed by atoms with Crippen molar-refractivity contribution in [3.63, 3.8) is 0 Å². The van der Waals surface area contributed by atoms with E-state index in [1.54, 1.807) is 0 Å². The number of hydrogen-bond acceptors (Lipinski definition) is 8. The van der Waals surface area contributed by atoms with Gasteiger partial charge < -0.3 is 35.0 Å². The molecule has 0 spiro atoms. The van der Waals surface area contributed by atoms with E-state index in [0.717, 1.165) is 12.8 Å². The van der Waals surface area contributed by atoms with Gasteiger partial charge in [-0.05, 0) is 19.1 Å². The number of unbranched alkanes of at least 4 members (excludes halogenated alkanes) is 7. The summed E-state index contributed by atoms with van der Waals surface area (Å²) in [7, 11) is 0. The van der Waals surface area contributed by atoms with Crippen LogP contribution < -0.4 is 0 Å². The Morgan fingerprint density at radius 2 is 1.67 bits per heavy atom.